The molecule has 1 amide bonds. The van der Waals surface area contributed by atoms with Crippen LogP contribution in [0.3, 0.4) is 0 Å². The minimum Gasteiger partial charge on any atom is -0.453 e. The summed E-state index contributed by atoms with van der Waals surface area (Å²) in [5, 5.41) is 2.69. The predicted octanol–water partition coefficient (Wildman–Crippen LogP) is 3.87. The molecule has 0 spiro atoms. The molecule has 3 aromatic rings. The maximum Gasteiger partial charge on any atom is 0.339 e. The van der Waals surface area contributed by atoms with Crippen LogP contribution in [0.1, 0.15) is 28.4 Å². The van der Waals surface area contributed by atoms with E-state index in [-0.39, 0.29) is 22.9 Å². The zero-order valence-electron chi connectivity index (χ0n) is 16.0. The van der Waals surface area contributed by atoms with Gasteiger partial charge in [-0.15, -0.1) is 0 Å². The zero-order valence-corrected chi connectivity index (χ0v) is 16.9. The molecule has 9 heteroatoms. The number of cyclic esters (lactones) is 1. The minimum absolute atomic E-state index is 0.0400. The first-order chi connectivity index (χ1) is 14.8. The fourth-order valence-corrected chi connectivity index (χ4v) is 4.26. The monoisotopic (exact) mass is 440 g/mol. The normalized spacial score (nSPS) is 15.1. The number of nitrogens with one attached hydrogen (secondary N) is 2. The fraction of sp³-hybridized carbons (Fsp3) is 0.0909. The molecule has 0 saturated heterocycles. The third-order valence-corrected chi connectivity index (χ3v) is 6.09. The van der Waals surface area contributed by atoms with Gasteiger partial charge >= 0.3 is 5.97 Å². The number of fused-ring (bicyclic) bond motifs is 1. The Bertz CT molecular complexity index is 1240. The summed E-state index contributed by atoms with van der Waals surface area (Å²) in [6.45, 7) is 0. The Labute approximate surface area is 177 Å². The van der Waals surface area contributed by atoms with Gasteiger partial charge in [-0.25, -0.2) is 17.6 Å². The van der Waals surface area contributed by atoms with Crippen molar-refractivity contribution in [1.29, 1.82) is 0 Å². The van der Waals surface area contributed by atoms with Crippen molar-refractivity contribution in [2.75, 3.05) is 10.0 Å². The molecule has 1 aliphatic rings. The molecule has 3 aromatic carbocycles. The molecule has 158 valence electrons. The quantitative estimate of drug-likeness (QED) is 0.567. The molecule has 2 N–H and O–H groups in total. The number of hydrogen-bond acceptors (Lipinski definition) is 5. The lowest BCUT2D eigenvalue weighted by Gasteiger charge is -2.12. The maximum absolute atomic E-state index is 13.0. The third kappa shape index (κ3) is 4.56. The van der Waals surface area contributed by atoms with Crippen LogP contribution in [-0.4, -0.2) is 20.3 Å². The van der Waals surface area contributed by atoms with Gasteiger partial charge in [-0.3, -0.25) is 9.52 Å². The highest BCUT2D eigenvalue weighted by molar-refractivity contribution is 7.92. The lowest BCUT2D eigenvalue weighted by Crippen LogP contribution is -2.16. The molecule has 1 heterocycles. The molecule has 7 nitrogen and oxygen atoms in total. The highest BCUT2D eigenvalue weighted by atomic mass is 32.2. The summed E-state index contributed by atoms with van der Waals surface area (Å²) in [6, 6.07) is 17.4. The van der Waals surface area contributed by atoms with Crippen molar-refractivity contribution in [2.24, 2.45) is 0 Å². The van der Waals surface area contributed by atoms with E-state index in [1.54, 1.807) is 24.3 Å². The van der Waals surface area contributed by atoms with Crippen molar-refractivity contribution >= 4 is 33.3 Å². The second-order valence-electron chi connectivity index (χ2n) is 6.87. The van der Waals surface area contributed by atoms with Crippen molar-refractivity contribution in [3.8, 4) is 0 Å². The van der Waals surface area contributed by atoms with Crippen molar-refractivity contribution in [3.05, 3.63) is 89.7 Å². The van der Waals surface area contributed by atoms with E-state index < -0.39 is 27.9 Å². The molecule has 0 aliphatic carbocycles. The van der Waals surface area contributed by atoms with Crippen LogP contribution in [0.15, 0.2) is 77.7 Å². The Morgan fingerprint density at radius 1 is 0.935 bits per heavy atom. The van der Waals surface area contributed by atoms with Gasteiger partial charge in [0.05, 0.1) is 16.9 Å². The summed E-state index contributed by atoms with van der Waals surface area (Å²) < 4.78 is 45.4. The fourth-order valence-electron chi connectivity index (χ4n) is 3.20. The third-order valence-electron chi connectivity index (χ3n) is 4.69. The number of carbonyl (C=O) groups excluding carboxylic acids is 2. The first kappa shape index (κ1) is 20.5. The van der Waals surface area contributed by atoms with Gasteiger partial charge in [0.15, 0.2) is 0 Å². The van der Waals surface area contributed by atoms with Crippen LogP contribution in [0.2, 0.25) is 0 Å². The van der Waals surface area contributed by atoms with Gasteiger partial charge in [0.25, 0.3) is 10.0 Å². The number of sulfonamides is 1. The zero-order chi connectivity index (χ0) is 22.0. The second kappa shape index (κ2) is 8.19. The SMILES string of the molecule is O=C(CC1OC(=O)c2ccccc21)Nc1ccc(NS(=O)(=O)c2ccc(F)cc2)cc1. The van der Waals surface area contributed by atoms with Crippen LogP contribution in [0, 0.1) is 5.82 Å². The summed E-state index contributed by atoms with van der Waals surface area (Å²) in [4.78, 5) is 24.2. The Kier molecular flexibility index (Phi) is 5.43. The van der Waals surface area contributed by atoms with Gasteiger partial charge in [-0.1, -0.05) is 18.2 Å². The van der Waals surface area contributed by atoms with Gasteiger partial charge < -0.3 is 10.1 Å². The first-order valence-electron chi connectivity index (χ1n) is 9.30. The van der Waals surface area contributed by atoms with E-state index in [2.05, 4.69) is 10.0 Å². The molecule has 0 saturated carbocycles. The highest BCUT2D eigenvalue weighted by Gasteiger charge is 2.32. The van der Waals surface area contributed by atoms with Crippen molar-refractivity contribution in [2.45, 2.75) is 17.4 Å². The number of benzene rings is 3. The highest BCUT2D eigenvalue weighted by Crippen LogP contribution is 2.33. The number of esters is 1. The summed E-state index contributed by atoms with van der Waals surface area (Å²) in [5.41, 5.74) is 1.86. The predicted molar refractivity (Wildman–Crippen MR) is 111 cm³/mol. The average molecular weight is 440 g/mol. The molecule has 4 rings (SSSR count). The Hall–Kier alpha value is -3.72. The van der Waals surface area contributed by atoms with Crippen molar-refractivity contribution < 1.29 is 27.1 Å². The second-order valence-corrected chi connectivity index (χ2v) is 8.55. The van der Waals surface area contributed by atoms with E-state index >= 15 is 0 Å². The lowest BCUT2D eigenvalue weighted by atomic mass is 10.0. The maximum atomic E-state index is 13.0. The molecule has 1 atom stereocenters. The molecular weight excluding hydrogens is 423 g/mol. The number of halogens is 1. The average Bonchev–Trinajstić information content (AvgIpc) is 3.05. The summed E-state index contributed by atoms with van der Waals surface area (Å²) in [6.07, 6.45) is -0.688. The minimum atomic E-state index is -3.87. The summed E-state index contributed by atoms with van der Waals surface area (Å²) in [5.74, 6) is -1.34. The van der Waals surface area contributed by atoms with E-state index in [1.165, 1.54) is 36.4 Å². The van der Waals surface area contributed by atoms with E-state index in [9.17, 15) is 22.4 Å². The van der Waals surface area contributed by atoms with Gasteiger partial charge in [-0.2, -0.15) is 0 Å². The molecule has 0 aromatic heterocycles. The molecule has 1 aliphatic heterocycles. The van der Waals surface area contributed by atoms with Gasteiger partial charge in [-0.05, 0) is 54.6 Å². The summed E-state index contributed by atoms with van der Waals surface area (Å²) in [7, 11) is -3.87. The van der Waals surface area contributed by atoms with Crippen LogP contribution < -0.4 is 10.0 Å². The molecule has 0 fully saturated rings. The number of anilines is 2. The Balaban J connectivity index is 1.38. The molecule has 1 unspecified atom stereocenters. The first-order valence-corrected chi connectivity index (χ1v) is 10.8. The lowest BCUT2D eigenvalue weighted by molar-refractivity contribution is -0.118. The molecule has 0 radical (unpaired) electrons. The van der Waals surface area contributed by atoms with Gasteiger partial charge in [0.1, 0.15) is 11.9 Å². The Morgan fingerprint density at radius 2 is 1.58 bits per heavy atom. The van der Waals surface area contributed by atoms with Gasteiger partial charge in [0, 0.05) is 16.9 Å². The van der Waals surface area contributed by atoms with Crippen LogP contribution in [0.4, 0.5) is 15.8 Å². The van der Waals surface area contributed by atoms with E-state index in [0.717, 1.165) is 12.1 Å². The molecule has 0 bridgehead atoms. The van der Waals surface area contributed by atoms with Crippen molar-refractivity contribution in [1.82, 2.24) is 0 Å². The van der Waals surface area contributed by atoms with E-state index in [1.807, 2.05) is 0 Å². The van der Waals surface area contributed by atoms with E-state index in [4.69, 9.17) is 4.74 Å². The Morgan fingerprint density at radius 3 is 2.29 bits per heavy atom. The van der Waals surface area contributed by atoms with Crippen LogP contribution in [0.5, 0.6) is 0 Å². The number of hydrogen-bond donors (Lipinski definition) is 2. The largest absolute Gasteiger partial charge is 0.453 e. The number of ether oxygens (including phenoxy) is 1. The van der Waals surface area contributed by atoms with E-state index in [0.29, 0.717) is 16.8 Å². The number of carbonyl (C=O) groups is 2. The number of rotatable bonds is 6. The van der Waals surface area contributed by atoms with Crippen molar-refractivity contribution in [3.63, 3.8) is 0 Å². The van der Waals surface area contributed by atoms with Crippen LogP contribution in [-0.2, 0) is 19.6 Å². The van der Waals surface area contributed by atoms with Crippen LogP contribution >= 0.6 is 0 Å². The van der Waals surface area contributed by atoms with Crippen LogP contribution in [0.25, 0.3) is 0 Å². The molecule has 31 heavy (non-hydrogen) atoms. The topological polar surface area (TPSA) is 102 Å². The van der Waals surface area contributed by atoms with Gasteiger partial charge in [0.2, 0.25) is 5.91 Å². The molecular formula is C22H17FN2O5S. The smallest absolute Gasteiger partial charge is 0.339 e. The number of amides is 1. The summed E-state index contributed by atoms with van der Waals surface area (Å²) >= 11 is 0. The standard InChI is InChI=1S/C22H17FN2O5S/c23-14-5-11-17(12-6-14)31(28,29)25-16-9-7-15(8-10-16)24-21(26)13-20-18-3-1-2-4-19(18)22(27)30-20/h1-12,20,25H,13H2,(H,24,26).